The molecule has 0 atom stereocenters. The Morgan fingerprint density at radius 2 is 1.86 bits per heavy atom. The van der Waals surface area contributed by atoms with Gasteiger partial charge in [-0.05, 0) is 29.9 Å². The molecule has 3 nitrogen and oxygen atoms in total. The molecule has 0 aliphatic heterocycles. The molecular formula is C17H22N2OS. The first kappa shape index (κ1) is 15.7. The van der Waals surface area contributed by atoms with Gasteiger partial charge in [-0.1, -0.05) is 36.4 Å². The number of carbonyl (C=O) groups is 1. The average Bonchev–Trinajstić information content (AvgIpc) is 3.03. The molecule has 0 spiro atoms. The third kappa shape index (κ3) is 5.33. The van der Waals surface area contributed by atoms with Gasteiger partial charge in [0.15, 0.2) is 0 Å². The molecule has 0 saturated heterocycles. The fourth-order valence-electron chi connectivity index (χ4n) is 2.27. The summed E-state index contributed by atoms with van der Waals surface area (Å²) in [4.78, 5) is 15.5. The van der Waals surface area contributed by atoms with Gasteiger partial charge in [-0.2, -0.15) is 0 Å². The molecule has 0 unspecified atom stereocenters. The zero-order valence-electron chi connectivity index (χ0n) is 12.2. The van der Waals surface area contributed by atoms with Crippen LogP contribution in [0.5, 0.6) is 0 Å². The smallest absolute Gasteiger partial charge is 0.222 e. The molecule has 1 amide bonds. The molecule has 2 aromatic rings. The number of thiophene rings is 1. The van der Waals surface area contributed by atoms with E-state index in [2.05, 4.69) is 18.2 Å². The minimum atomic E-state index is 0.199. The lowest BCUT2D eigenvalue weighted by atomic mass is 10.1. The number of aryl methyl sites for hydroxylation is 1. The Morgan fingerprint density at radius 1 is 1.05 bits per heavy atom. The molecule has 1 heterocycles. The first-order valence-corrected chi connectivity index (χ1v) is 8.21. The van der Waals surface area contributed by atoms with Crippen LogP contribution in [0, 0.1) is 0 Å². The van der Waals surface area contributed by atoms with Gasteiger partial charge < -0.3 is 10.6 Å². The summed E-state index contributed by atoms with van der Waals surface area (Å²) in [6, 6.07) is 14.4. The Bertz CT molecular complexity index is 525. The van der Waals surface area contributed by atoms with Gasteiger partial charge in [0.1, 0.15) is 0 Å². The van der Waals surface area contributed by atoms with Crippen LogP contribution >= 0.6 is 11.3 Å². The highest BCUT2D eigenvalue weighted by atomic mass is 32.1. The van der Waals surface area contributed by atoms with Gasteiger partial charge in [0.2, 0.25) is 5.91 Å². The highest BCUT2D eigenvalue weighted by Gasteiger charge is 2.12. The van der Waals surface area contributed by atoms with Gasteiger partial charge in [0.25, 0.3) is 0 Å². The van der Waals surface area contributed by atoms with Gasteiger partial charge in [0.05, 0.1) is 0 Å². The quantitative estimate of drug-likeness (QED) is 0.815. The molecule has 4 heteroatoms. The normalized spacial score (nSPS) is 10.5. The largest absolute Gasteiger partial charge is 0.341 e. The summed E-state index contributed by atoms with van der Waals surface area (Å²) < 4.78 is 0. The van der Waals surface area contributed by atoms with Gasteiger partial charge >= 0.3 is 0 Å². The van der Waals surface area contributed by atoms with E-state index in [0.29, 0.717) is 19.5 Å². The number of hydrogen-bond donors (Lipinski definition) is 1. The van der Waals surface area contributed by atoms with Crippen molar-refractivity contribution in [2.24, 2.45) is 5.73 Å². The van der Waals surface area contributed by atoms with Crippen molar-refractivity contribution < 1.29 is 4.79 Å². The van der Waals surface area contributed by atoms with Crippen molar-refractivity contribution in [3.8, 4) is 0 Å². The highest BCUT2D eigenvalue weighted by Crippen LogP contribution is 2.12. The molecule has 0 saturated carbocycles. The topological polar surface area (TPSA) is 46.3 Å². The summed E-state index contributed by atoms with van der Waals surface area (Å²) in [5.74, 6) is 0.199. The molecule has 0 fully saturated rings. The molecule has 112 valence electrons. The van der Waals surface area contributed by atoms with Crippen LogP contribution in [0.1, 0.15) is 16.9 Å². The minimum absolute atomic E-state index is 0.199. The second-order valence-corrected chi connectivity index (χ2v) is 6.02. The summed E-state index contributed by atoms with van der Waals surface area (Å²) in [7, 11) is 0. The summed E-state index contributed by atoms with van der Waals surface area (Å²) in [6.45, 7) is 1.89. The molecule has 1 aromatic carbocycles. The lowest BCUT2D eigenvalue weighted by Crippen LogP contribution is -2.37. The fourth-order valence-corrected chi connectivity index (χ4v) is 2.98. The zero-order chi connectivity index (χ0) is 14.9. The van der Waals surface area contributed by atoms with Gasteiger partial charge in [-0.3, -0.25) is 4.79 Å². The van der Waals surface area contributed by atoms with Gasteiger partial charge in [0, 0.05) is 30.9 Å². The molecule has 21 heavy (non-hydrogen) atoms. The van der Waals surface area contributed by atoms with E-state index in [4.69, 9.17) is 5.73 Å². The first-order chi connectivity index (χ1) is 10.3. The van der Waals surface area contributed by atoms with Crippen molar-refractivity contribution >= 4 is 17.2 Å². The van der Waals surface area contributed by atoms with Crippen LogP contribution in [0.2, 0.25) is 0 Å². The van der Waals surface area contributed by atoms with E-state index in [-0.39, 0.29) is 5.91 Å². The molecular weight excluding hydrogens is 280 g/mol. The Morgan fingerprint density at radius 3 is 2.52 bits per heavy atom. The number of carbonyl (C=O) groups excluding carboxylic acids is 1. The molecule has 0 radical (unpaired) electrons. The Hall–Kier alpha value is -1.65. The summed E-state index contributed by atoms with van der Waals surface area (Å²) in [6.07, 6.45) is 2.27. The number of amides is 1. The third-order valence-electron chi connectivity index (χ3n) is 3.43. The van der Waals surface area contributed by atoms with Crippen molar-refractivity contribution in [3.05, 3.63) is 58.3 Å². The predicted octanol–water partition coefficient (Wildman–Crippen LogP) is 2.71. The van der Waals surface area contributed by atoms with E-state index >= 15 is 0 Å². The van der Waals surface area contributed by atoms with Crippen LogP contribution in [-0.2, 0) is 17.6 Å². The number of nitrogens with two attached hydrogens (primary N) is 1. The lowest BCUT2D eigenvalue weighted by molar-refractivity contribution is -0.131. The van der Waals surface area contributed by atoms with Crippen LogP contribution in [0.15, 0.2) is 47.8 Å². The highest BCUT2D eigenvalue weighted by molar-refractivity contribution is 7.09. The van der Waals surface area contributed by atoms with Gasteiger partial charge in [-0.25, -0.2) is 0 Å². The molecule has 2 rings (SSSR count). The standard InChI is InChI=1S/C17H22N2OS/c18-11-13-19(12-10-15-5-2-1-3-6-15)17(20)9-8-16-7-4-14-21-16/h1-7,14H,8-13,18H2. The first-order valence-electron chi connectivity index (χ1n) is 7.33. The van der Waals surface area contributed by atoms with E-state index in [1.54, 1.807) is 11.3 Å². The van der Waals surface area contributed by atoms with Crippen LogP contribution in [-0.4, -0.2) is 30.4 Å². The second kappa shape index (κ2) is 8.60. The maximum Gasteiger partial charge on any atom is 0.222 e. The minimum Gasteiger partial charge on any atom is -0.341 e. The van der Waals surface area contributed by atoms with Crippen LogP contribution < -0.4 is 5.73 Å². The zero-order valence-corrected chi connectivity index (χ0v) is 13.0. The maximum atomic E-state index is 12.3. The van der Waals surface area contributed by atoms with Crippen molar-refractivity contribution in [2.45, 2.75) is 19.3 Å². The molecule has 2 N–H and O–H groups in total. The molecule has 0 aliphatic carbocycles. The molecule has 0 bridgehead atoms. The van der Waals surface area contributed by atoms with E-state index in [0.717, 1.165) is 19.4 Å². The van der Waals surface area contributed by atoms with Crippen molar-refractivity contribution in [2.75, 3.05) is 19.6 Å². The van der Waals surface area contributed by atoms with E-state index in [1.807, 2.05) is 34.5 Å². The average molecular weight is 302 g/mol. The third-order valence-corrected chi connectivity index (χ3v) is 4.37. The summed E-state index contributed by atoms with van der Waals surface area (Å²) >= 11 is 1.70. The van der Waals surface area contributed by atoms with Crippen molar-refractivity contribution in [1.82, 2.24) is 4.90 Å². The van der Waals surface area contributed by atoms with Crippen molar-refractivity contribution in [3.63, 3.8) is 0 Å². The maximum absolute atomic E-state index is 12.3. The Kier molecular flexibility index (Phi) is 6.44. The predicted molar refractivity (Wildman–Crippen MR) is 88.4 cm³/mol. The second-order valence-electron chi connectivity index (χ2n) is 4.98. The Balaban J connectivity index is 1.83. The summed E-state index contributed by atoms with van der Waals surface area (Å²) in [5.41, 5.74) is 6.89. The van der Waals surface area contributed by atoms with E-state index < -0.39 is 0 Å². The summed E-state index contributed by atoms with van der Waals surface area (Å²) in [5, 5.41) is 2.05. The monoisotopic (exact) mass is 302 g/mol. The SMILES string of the molecule is NCCN(CCc1ccccc1)C(=O)CCc1cccs1. The van der Waals surface area contributed by atoms with Crippen LogP contribution in [0.3, 0.4) is 0 Å². The number of rotatable bonds is 8. The van der Waals surface area contributed by atoms with Gasteiger partial charge in [-0.15, -0.1) is 11.3 Å². The number of nitrogens with zero attached hydrogens (tertiary/aromatic N) is 1. The molecule has 1 aromatic heterocycles. The van der Waals surface area contributed by atoms with Crippen LogP contribution in [0.25, 0.3) is 0 Å². The fraction of sp³-hybridized carbons (Fsp3) is 0.353. The van der Waals surface area contributed by atoms with E-state index in [9.17, 15) is 4.79 Å². The lowest BCUT2D eigenvalue weighted by Gasteiger charge is -2.22. The number of hydrogen-bond acceptors (Lipinski definition) is 3. The number of benzene rings is 1. The molecule has 0 aliphatic rings. The van der Waals surface area contributed by atoms with Crippen molar-refractivity contribution in [1.29, 1.82) is 0 Å². The van der Waals surface area contributed by atoms with E-state index in [1.165, 1.54) is 10.4 Å². The Labute approximate surface area is 130 Å². The van der Waals surface area contributed by atoms with Crippen LogP contribution in [0.4, 0.5) is 0 Å².